The molecule has 2 amide bonds. The van der Waals surface area contributed by atoms with Gasteiger partial charge in [-0.3, -0.25) is 4.79 Å². The minimum atomic E-state index is -0.925. The maximum absolute atomic E-state index is 13.5. The Bertz CT molecular complexity index is 525. The van der Waals surface area contributed by atoms with Crippen LogP contribution in [0.25, 0.3) is 0 Å². The second-order valence-electron chi connectivity index (χ2n) is 4.07. The average molecular weight is 363 g/mol. The lowest BCUT2D eigenvalue weighted by Gasteiger charge is -2.13. The van der Waals surface area contributed by atoms with E-state index in [1.165, 1.54) is 6.07 Å². The van der Waals surface area contributed by atoms with Crippen molar-refractivity contribution < 1.29 is 23.8 Å². The van der Waals surface area contributed by atoms with Gasteiger partial charge in [0.1, 0.15) is 11.6 Å². The van der Waals surface area contributed by atoms with Gasteiger partial charge in [-0.05, 0) is 35.3 Å². The highest BCUT2D eigenvalue weighted by Crippen LogP contribution is 2.30. The number of carbonyl (C=O) groups is 2. The molecule has 6 nitrogen and oxygen atoms in total. The fourth-order valence-electron chi connectivity index (χ4n) is 1.51. The van der Waals surface area contributed by atoms with Crippen LogP contribution in [-0.4, -0.2) is 30.3 Å². The minimum absolute atomic E-state index is 0.0304. The summed E-state index contributed by atoms with van der Waals surface area (Å²) in [5.74, 6) is -1.11. The lowest BCUT2D eigenvalue weighted by Crippen LogP contribution is -2.30. The molecular formula is C13H16BrFN2O4. The summed E-state index contributed by atoms with van der Waals surface area (Å²) in [6.07, 6.45) is 0.285. The number of anilines is 1. The second-order valence-corrected chi connectivity index (χ2v) is 4.93. The number of carboxylic acids is 1. The van der Waals surface area contributed by atoms with Crippen molar-refractivity contribution in [3.05, 3.63) is 22.4 Å². The molecule has 0 aliphatic heterocycles. The summed E-state index contributed by atoms with van der Waals surface area (Å²) in [6, 6.07) is 2.02. The molecular weight excluding hydrogens is 347 g/mol. The van der Waals surface area contributed by atoms with Crippen molar-refractivity contribution in [2.45, 2.75) is 19.8 Å². The summed E-state index contributed by atoms with van der Waals surface area (Å²) in [5, 5.41) is 13.4. The monoisotopic (exact) mass is 362 g/mol. The molecule has 0 saturated carbocycles. The first-order valence-corrected chi connectivity index (χ1v) is 7.11. The number of benzene rings is 1. The van der Waals surface area contributed by atoms with Gasteiger partial charge in [-0.15, -0.1) is 0 Å². The molecule has 0 heterocycles. The molecule has 1 rings (SSSR count). The van der Waals surface area contributed by atoms with Gasteiger partial charge in [-0.2, -0.15) is 0 Å². The van der Waals surface area contributed by atoms with Crippen LogP contribution < -0.4 is 15.4 Å². The summed E-state index contributed by atoms with van der Waals surface area (Å²) in [6.45, 7) is 2.35. The van der Waals surface area contributed by atoms with Crippen molar-refractivity contribution in [1.29, 1.82) is 0 Å². The molecule has 0 fully saturated rings. The van der Waals surface area contributed by atoms with E-state index in [-0.39, 0.29) is 23.1 Å². The van der Waals surface area contributed by atoms with Crippen LogP contribution in [0, 0.1) is 5.82 Å². The number of halogens is 2. The highest BCUT2D eigenvalue weighted by atomic mass is 79.9. The van der Waals surface area contributed by atoms with Crippen molar-refractivity contribution in [3.8, 4) is 5.75 Å². The van der Waals surface area contributed by atoms with Crippen LogP contribution >= 0.6 is 15.9 Å². The van der Waals surface area contributed by atoms with Crippen LogP contribution in [0.3, 0.4) is 0 Å². The molecule has 21 heavy (non-hydrogen) atoms. The summed E-state index contributed by atoms with van der Waals surface area (Å²) < 4.78 is 19.1. The molecule has 8 heteroatoms. The third kappa shape index (κ3) is 5.99. The van der Waals surface area contributed by atoms with E-state index in [9.17, 15) is 14.0 Å². The average Bonchev–Trinajstić information content (AvgIpc) is 2.40. The summed E-state index contributed by atoms with van der Waals surface area (Å²) in [4.78, 5) is 22.0. The van der Waals surface area contributed by atoms with Gasteiger partial charge in [0.05, 0.1) is 16.8 Å². The van der Waals surface area contributed by atoms with Crippen molar-refractivity contribution in [2.75, 3.05) is 18.5 Å². The Morgan fingerprint density at radius 2 is 2.14 bits per heavy atom. The standard InChI is InChI=1S/C13H16BrFN2O4/c1-2-21-11-6-8(14)9(15)7-10(11)17-13(20)16-5-3-4-12(18)19/h6-7H,2-5H2,1H3,(H,18,19)(H2,16,17,20). The van der Waals surface area contributed by atoms with E-state index in [4.69, 9.17) is 9.84 Å². The Hall–Kier alpha value is -1.83. The van der Waals surface area contributed by atoms with Crippen molar-refractivity contribution in [2.24, 2.45) is 0 Å². The molecule has 0 aromatic heterocycles. The normalized spacial score (nSPS) is 10.0. The van der Waals surface area contributed by atoms with Crippen molar-refractivity contribution in [1.82, 2.24) is 5.32 Å². The Morgan fingerprint density at radius 3 is 2.76 bits per heavy atom. The minimum Gasteiger partial charge on any atom is -0.492 e. The highest BCUT2D eigenvalue weighted by Gasteiger charge is 2.12. The largest absolute Gasteiger partial charge is 0.492 e. The predicted molar refractivity (Wildman–Crippen MR) is 79.2 cm³/mol. The summed E-state index contributed by atoms with van der Waals surface area (Å²) >= 11 is 3.04. The molecule has 0 radical (unpaired) electrons. The first-order valence-electron chi connectivity index (χ1n) is 6.32. The van der Waals surface area contributed by atoms with Gasteiger partial charge >= 0.3 is 12.0 Å². The quantitative estimate of drug-likeness (QED) is 0.650. The van der Waals surface area contributed by atoms with E-state index in [2.05, 4.69) is 26.6 Å². The van der Waals surface area contributed by atoms with E-state index in [0.717, 1.165) is 6.07 Å². The van der Waals surface area contributed by atoms with Gasteiger partial charge in [0.15, 0.2) is 0 Å². The van der Waals surface area contributed by atoms with Crippen LogP contribution in [0.2, 0.25) is 0 Å². The van der Waals surface area contributed by atoms with E-state index in [1.807, 2.05) is 0 Å². The van der Waals surface area contributed by atoms with Gasteiger partial charge in [0.2, 0.25) is 0 Å². The number of ether oxygens (including phenoxy) is 1. The molecule has 116 valence electrons. The third-order valence-corrected chi connectivity index (χ3v) is 3.03. The fraction of sp³-hybridized carbons (Fsp3) is 0.385. The second kappa shape index (κ2) is 8.46. The molecule has 0 saturated heterocycles. The van der Waals surface area contributed by atoms with Gasteiger partial charge in [-0.25, -0.2) is 9.18 Å². The maximum atomic E-state index is 13.5. The van der Waals surface area contributed by atoms with Gasteiger partial charge < -0.3 is 20.5 Å². The van der Waals surface area contributed by atoms with Crippen molar-refractivity contribution in [3.63, 3.8) is 0 Å². The number of carboxylic acid groups (broad SMARTS) is 1. The van der Waals surface area contributed by atoms with Crippen molar-refractivity contribution >= 4 is 33.6 Å². The number of hydrogen-bond donors (Lipinski definition) is 3. The van der Waals surface area contributed by atoms with E-state index in [0.29, 0.717) is 18.8 Å². The Labute approximate surface area is 129 Å². The molecule has 1 aromatic carbocycles. The summed E-state index contributed by atoms with van der Waals surface area (Å²) in [5.41, 5.74) is 0.202. The predicted octanol–water partition coefficient (Wildman–Crippen LogP) is 2.97. The number of aliphatic carboxylic acids is 1. The first kappa shape index (κ1) is 17.2. The lowest BCUT2D eigenvalue weighted by atomic mass is 10.3. The number of nitrogens with one attached hydrogen (secondary N) is 2. The summed E-state index contributed by atoms with van der Waals surface area (Å²) in [7, 11) is 0. The zero-order valence-corrected chi connectivity index (χ0v) is 13.0. The molecule has 0 aliphatic carbocycles. The molecule has 0 unspecified atom stereocenters. The van der Waals surface area contributed by atoms with Crippen LogP contribution in [0.15, 0.2) is 16.6 Å². The molecule has 0 spiro atoms. The van der Waals surface area contributed by atoms with Crippen LogP contribution in [0.5, 0.6) is 5.75 Å². The van der Waals surface area contributed by atoms with Gasteiger partial charge in [0.25, 0.3) is 0 Å². The SMILES string of the molecule is CCOc1cc(Br)c(F)cc1NC(=O)NCCCC(=O)O. The van der Waals surface area contributed by atoms with E-state index < -0.39 is 17.8 Å². The highest BCUT2D eigenvalue weighted by molar-refractivity contribution is 9.10. The zero-order valence-electron chi connectivity index (χ0n) is 11.4. The molecule has 3 N–H and O–H groups in total. The molecule has 1 aromatic rings. The number of urea groups is 1. The number of carbonyl (C=O) groups excluding carboxylic acids is 1. The van der Waals surface area contributed by atoms with Gasteiger partial charge in [-0.1, -0.05) is 0 Å². The topological polar surface area (TPSA) is 87.7 Å². The number of rotatable bonds is 7. The molecule has 0 aliphatic rings. The van der Waals surface area contributed by atoms with Crippen LogP contribution in [-0.2, 0) is 4.79 Å². The number of amides is 2. The van der Waals surface area contributed by atoms with E-state index in [1.54, 1.807) is 6.92 Å². The first-order chi connectivity index (χ1) is 9.93. The third-order valence-electron chi connectivity index (χ3n) is 2.42. The molecule has 0 bridgehead atoms. The Morgan fingerprint density at radius 1 is 1.43 bits per heavy atom. The molecule has 0 atom stereocenters. The maximum Gasteiger partial charge on any atom is 0.319 e. The van der Waals surface area contributed by atoms with Crippen LogP contribution in [0.4, 0.5) is 14.9 Å². The Balaban J connectivity index is 2.62. The van der Waals surface area contributed by atoms with Gasteiger partial charge in [0, 0.05) is 19.0 Å². The Kier molecular flexibility index (Phi) is 6.93. The van der Waals surface area contributed by atoms with E-state index >= 15 is 0 Å². The zero-order chi connectivity index (χ0) is 15.8. The fourth-order valence-corrected chi connectivity index (χ4v) is 1.83. The lowest BCUT2D eigenvalue weighted by molar-refractivity contribution is -0.137. The smallest absolute Gasteiger partial charge is 0.319 e. The number of hydrogen-bond acceptors (Lipinski definition) is 3. The van der Waals surface area contributed by atoms with Crippen LogP contribution in [0.1, 0.15) is 19.8 Å².